The molecule has 2 fully saturated rings. The van der Waals surface area contributed by atoms with Crippen LogP contribution in [0.1, 0.15) is 29.7 Å². The zero-order chi connectivity index (χ0) is 29.9. The largest absolute Gasteiger partial charge is 0.461 e. The predicted octanol–water partition coefficient (Wildman–Crippen LogP) is 7.01. The maximum atomic E-state index is 14.7. The summed E-state index contributed by atoms with van der Waals surface area (Å²) in [5.74, 6) is 6.00. The molecule has 0 unspecified atom stereocenters. The van der Waals surface area contributed by atoms with Crippen LogP contribution in [0.25, 0.3) is 10.1 Å². The van der Waals surface area contributed by atoms with Crippen molar-refractivity contribution in [1.29, 1.82) is 0 Å². The van der Waals surface area contributed by atoms with Crippen LogP contribution < -0.4 is 20.7 Å². The Morgan fingerprint density at radius 3 is 2.67 bits per heavy atom. The number of likely N-dealkylation sites (tertiary alicyclic amines) is 1. The van der Waals surface area contributed by atoms with Crippen molar-refractivity contribution in [3.05, 3.63) is 46.8 Å². The lowest BCUT2D eigenvalue weighted by molar-refractivity contribution is -0.126. The second-order valence-electron chi connectivity index (χ2n) is 10.8. The molecule has 0 amide bonds. The van der Waals surface area contributed by atoms with E-state index in [0.29, 0.717) is 52.1 Å². The number of nitrogens with zero attached hydrogens (tertiary/aromatic N) is 1. The number of rotatable bonds is 8. The van der Waals surface area contributed by atoms with Gasteiger partial charge in [0.1, 0.15) is 19.1 Å². The van der Waals surface area contributed by atoms with Gasteiger partial charge in [0.05, 0.1) is 40.0 Å². The molecule has 2 aliphatic rings. The van der Waals surface area contributed by atoms with E-state index in [-0.39, 0.29) is 22.7 Å². The summed E-state index contributed by atoms with van der Waals surface area (Å²) in [6, 6.07) is 9.67. The number of benzene rings is 2. The Morgan fingerprint density at radius 2 is 1.95 bits per heavy atom. The van der Waals surface area contributed by atoms with E-state index in [1.807, 2.05) is 11.9 Å². The van der Waals surface area contributed by atoms with Crippen LogP contribution in [0.3, 0.4) is 0 Å². The lowest BCUT2D eigenvalue weighted by atomic mass is 10.0. The first-order valence-electron chi connectivity index (χ1n) is 13.9. The van der Waals surface area contributed by atoms with Gasteiger partial charge in [-0.3, -0.25) is 0 Å². The van der Waals surface area contributed by atoms with E-state index in [0.717, 1.165) is 30.7 Å². The number of halogens is 5. The zero-order valence-electron chi connectivity index (χ0n) is 23.2. The van der Waals surface area contributed by atoms with E-state index in [9.17, 15) is 26.5 Å². The van der Waals surface area contributed by atoms with Crippen molar-refractivity contribution in [2.24, 2.45) is 0 Å². The molecule has 3 aromatic rings. The van der Waals surface area contributed by atoms with Crippen LogP contribution in [0.15, 0.2) is 36.4 Å². The molecular weight excluding hydrogens is 592 g/mol. The monoisotopic (exact) mass is 625 g/mol. The van der Waals surface area contributed by atoms with E-state index < -0.39 is 38.8 Å². The third kappa shape index (κ3) is 7.04. The van der Waals surface area contributed by atoms with Crippen LogP contribution in [0.5, 0.6) is 5.75 Å². The zero-order valence-corrected chi connectivity index (χ0v) is 24.9. The van der Waals surface area contributed by atoms with Crippen molar-refractivity contribution < 1.29 is 31.3 Å². The van der Waals surface area contributed by atoms with E-state index in [4.69, 9.17) is 4.74 Å². The van der Waals surface area contributed by atoms with Crippen LogP contribution in [0.4, 0.5) is 33.3 Å². The van der Waals surface area contributed by atoms with Gasteiger partial charge in [0.25, 0.3) is 0 Å². The van der Waals surface area contributed by atoms with Crippen LogP contribution in [-0.4, -0.2) is 69.2 Å². The molecule has 1 aromatic heterocycles. The van der Waals surface area contributed by atoms with E-state index in [1.54, 1.807) is 36.4 Å². The molecule has 226 valence electrons. The highest BCUT2D eigenvalue weighted by Crippen LogP contribution is 2.51. The molecule has 2 saturated heterocycles. The van der Waals surface area contributed by atoms with E-state index in [2.05, 4.69) is 22.5 Å². The summed E-state index contributed by atoms with van der Waals surface area (Å²) in [5, 5.41) is 7.38. The van der Waals surface area contributed by atoms with Gasteiger partial charge >= 0.3 is 6.18 Å². The maximum absolute atomic E-state index is 14.7. The van der Waals surface area contributed by atoms with Crippen molar-refractivity contribution in [2.75, 3.05) is 56.5 Å². The molecule has 0 radical (unpaired) electrons. The number of piperidine rings is 1. The van der Waals surface area contributed by atoms with Gasteiger partial charge < -0.3 is 24.8 Å². The van der Waals surface area contributed by atoms with Crippen molar-refractivity contribution in [1.82, 2.24) is 4.90 Å². The Kier molecular flexibility index (Phi) is 9.36. The van der Waals surface area contributed by atoms with Crippen molar-refractivity contribution >= 4 is 45.2 Å². The molecule has 0 aliphatic carbocycles. The molecule has 5 rings (SSSR count). The number of anilines is 2. The van der Waals surface area contributed by atoms with Gasteiger partial charge in [0.15, 0.2) is 0 Å². The summed E-state index contributed by atoms with van der Waals surface area (Å²) in [6.07, 6.45) is -3.05. The van der Waals surface area contributed by atoms with Crippen LogP contribution in [0.2, 0.25) is 0 Å². The summed E-state index contributed by atoms with van der Waals surface area (Å²) in [7, 11) is -0.645. The number of alkyl halides is 5. The minimum atomic E-state index is -4.44. The number of nitrogens with one attached hydrogen (secondary N) is 2. The molecular formula is C30H33F5N3O2PS. The highest BCUT2D eigenvalue weighted by molar-refractivity contribution is 7.71. The Bertz CT molecular complexity index is 1520. The van der Waals surface area contributed by atoms with Crippen molar-refractivity contribution in [3.63, 3.8) is 0 Å². The minimum absolute atomic E-state index is 0.0591. The fourth-order valence-corrected chi connectivity index (χ4v) is 9.72. The molecule has 12 heteroatoms. The quantitative estimate of drug-likeness (QED) is 0.160. The highest BCUT2D eigenvalue weighted by Gasteiger charge is 2.32. The molecule has 0 saturated carbocycles. The first-order chi connectivity index (χ1) is 20.1. The Labute approximate surface area is 246 Å². The summed E-state index contributed by atoms with van der Waals surface area (Å²) in [6.45, 7) is 0.0142. The van der Waals surface area contributed by atoms with E-state index >= 15 is 0 Å². The molecule has 5 nitrogen and oxygen atoms in total. The normalized spacial score (nSPS) is 20.7. The summed E-state index contributed by atoms with van der Waals surface area (Å²) < 4.78 is 87.5. The average molecular weight is 626 g/mol. The number of ether oxygens (including phenoxy) is 1. The van der Waals surface area contributed by atoms with Crippen molar-refractivity contribution in [2.45, 2.75) is 44.1 Å². The second kappa shape index (κ2) is 12.8. The number of fused-ring (bicyclic) bond motifs is 1. The number of hydrogen-bond donors (Lipinski definition) is 2. The van der Waals surface area contributed by atoms with Crippen LogP contribution in [0, 0.1) is 11.8 Å². The fraction of sp³-hybridized carbons (Fsp3) is 0.467. The molecule has 0 spiro atoms. The number of hydrogen-bond acceptors (Lipinski definition) is 6. The van der Waals surface area contributed by atoms with Gasteiger partial charge in [-0.1, -0.05) is 24.0 Å². The van der Waals surface area contributed by atoms with Crippen molar-refractivity contribution in [3.8, 4) is 17.6 Å². The molecule has 3 heterocycles. The molecule has 2 N–H and O–H groups in total. The van der Waals surface area contributed by atoms with Gasteiger partial charge in [-0.25, -0.2) is 8.78 Å². The first kappa shape index (κ1) is 30.7. The molecule has 2 atom stereocenters. The smallest absolute Gasteiger partial charge is 0.393 e. The number of thiophene rings is 1. The van der Waals surface area contributed by atoms with Gasteiger partial charge in [0.2, 0.25) is 6.86 Å². The summed E-state index contributed by atoms with van der Waals surface area (Å²) in [4.78, 5) is 2.20. The van der Waals surface area contributed by atoms with Crippen LogP contribution >= 0.6 is 18.5 Å². The second-order valence-corrected chi connectivity index (χ2v) is 15.0. The molecule has 2 aromatic carbocycles. The van der Waals surface area contributed by atoms with Gasteiger partial charge in [-0.2, -0.15) is 13.2 Å². The SMILES string of the molecule is CN1CC[C@@H](Nc2cccc3c(CC(F)(F)F)c(C#CCNc4ccc(P5(=O)CCCC5)cc4OCF)sc23)[C@H](F)C1. The summed E-state index contributed by atoms with van der Waals surface area (Å²) >= 11 is 1.15. The highest BCUT2D eigenvalue weighted by atomic mass is 32.1. The Hall–Kier alpha value is -2.80. The third-order valence-corrected chi connectivity index (χ3v) is 12.3. The topological polar surface area (TPSA) is 53.6 Å². The van der Waals surface area contributed by atoms with Gasteiger partial charge in [0, 0.05) is 30.7 Å². The fourth-order valence-electron chi connectivity index (χ4n) is 5.64. The predicted molar refractivity (Wildman–Crippen MR) is 161 cm³/mol. The van der Waals surface area contributed by atoms with E-state index in [1.165, 1.54) is 0 Å². The van der Waals surface area contributed by atoms with Gasteiger partial charge in [-0.05, 0) is 61.5 Å². The van der Waals surface area contributed by atoms with Gasteiger partial charge in [-0.15, -0.1) is 11.3 Å². The third-order valence-electron chi connectivity index (χ3n) is 7.78. The molecule has 42 heavy (non-hydrogen) atoms. The lowest BCUT2D eigenvalue weighted by Gasteiger charge is -2.33. The maximum Gasteiger partial charge on any atom is 0.393 e. The Balaban J connectivity index is 1.38. The lowest BCUT2D eigenvalue weighted by Crippen LogP contribution is -2.46. The summed E-state index contributed by atoms with van der Waals surface area (Å²) in [5.41, 5.74) is 1.14. The van der Waals surface area contributed by atoms with Crippen LogP contribution in [-0.2, 0) is 11.0 Å². The molecule has 0 bridgehead atoms. The minimum Gasteiger partial charge on any atom is -0.461 e. The first-order valence-corrected chi connectivity index (χ1v) is 16.8. The Morgan fingerprint density at radius 1 is 1.17 bits per heavy atom. The molecule has 2 aliphatic heterocycles. The standard InChI is InChI=1S/C30H33F5N3O2PS/c1-38-13-11-24(23(32)18-38)37-26-7-4-6-21-22(17-30(33,34)35)28(42-29(21)26)8-5-12-36-25-10-9-20(16-27(25)40-19-31)41(39)14-2-3-15-41/h4,6-7,9-10,16,23-24,36-37H,2-3,11-15,17-19H2,1H3/t23-,24-/m1/s1. The average Bonchev–Trinajstić information content (AvgIpc) is 3.53.